The Labute approximate surface area is 196 Å². The lowest BCUT2D eigenvalue weighted by molar-refractivity contribution is 0.0587. The maximum atomic E-state index is 13.0. The molecule has 0 spiro atoms. The summed E-state index contributed by atoms with van der Waals surface area (Å²) >= 11 is 0. The summed E-state index contributed by atoms with van der Waals surface area (Å²) in [7, 11) is -1.60. The second kappa shape index (κ2) is 10.2. The van der Waals surface area contributed by atoms with Gasteiger partial charge in [-0.05, 0) is 55.0 Å². The molecule has 0 atom stereocenters. The summed E-state index contributed by atoms with van der Waals surface area (Å²) in [5.74, 6) is -2.09. The molecule has 3 rings (SSSR count). The number of methoxy groups -OCH3 is 2. The van der Waals surface area contributed by atoms with Gasteiger partial charge in [0.25, 0.3) is 15.9 Å². The van der Waals surface area contributed by atoms with Gasteiger partial charge in [-0.1, -0.05) is 24.3 Å². The molecule has 34 heavy (non-hydrogen) atoms. The zero-order valence-electron chi connectivity index (χ0n) is 18.6. The summed E-state index contributed by atoms with van der Waals surface area (Å²) in [6.07, 6.45) is 0. The molecule has 3 aromatic rings. The summed E-state index contributed by atoms with van der Waals surface area (Å²) < 4.78 is 37.8. The van der Waals surface area contributed by atoms with Gasteiger partial charge in [-0.3, -0.25) is 9.52 Å². The number of hydrogen-bond acceptors (Lipinski definition) is 7. The number of carbonyl (C=O) groups is 3. The van der Waals surface area contributed by atoms with E-state index >= 15 is 0 Å². The fourth-order valence-electron chi connectivity index (χ4n) is 3.12. The first-order valence-corrected chi connectivity index (χ1v) is 11.4. The van der Waals surface area contributed by atoms with Crippen molar-refractivity contribution in [2.45, 2.75) is 11.8 Å². The van der Waals surface area contributed by atoms with E-state index in [1.165, 1.54) is 50.6 Å². The van der Waals surface area contributed by atoms with Crippen molar-refractivity contribution in [3.8, 4) is 0 Å². The summed E-state index contributed by atoms with van der Waals surface area (Å²) in [5, 5.41) is 2.55. The molecule has 0 radical (unpaired) electrons. The lowest BCUT2D eigenvalue weighted by atomic mass is 10.1. The van der Waals surface area contributed by atoms with E-state index in [1.807, 2.05) is 0 Å². The van der Waals surface area contributed by atoms with Crippen LogP contribution in [0.5, 0.6) is 0 Å². The van der Waals surface area contributed by atoms with Crippen LogP contribution in [0.15, 0.2) is 71.6 Å². The van der Waals surface area contributed by atoms with Gasteiger partial charge in [-0.25, -0.2) is 18.0 Å². The zero-order chi connectivity index (χ0) is 24.9. The fourth-order valence-corrected chi connectivity index (χ4v) is 4.45. The number of sulfonamides is 1. The second-order valence-electron chi connectivity index (χ2n) is 7.15. The predicted molar refractivity (Wildman–Crippen MR) is 126 cm³/mol. The Morgan fingerprint density at radius 3 is 2.09 bits per heavy atom. The predicted octanol–water partition coefficient (Wildman–Crippen LogP) is 3.62. The molecule has 0 unspecified atom stereocenters. The third kappa shape index (κ3) is 5.41. The average Bonchev–Trinajstić information content (AvgIpc) is 2.83. The van der Waals surface area contributed by atoms with Gasteiger partial charge in [0.15, 0.2) is 0 Å². The minimum atomic E-state index is -3.99. The van der Waals surface area contributed by atoms with Crippen LogP contribution in [0.1, 0.15) is 36.6 Å². The minimum Gasteiger partial charge on any atom is -0.465 e. The van der Waals surface area contributed by atoms with Gasteiger partial charge in [0.2, 0.25) is 0 Å². The van der Waals surface area contributed by atoms with E-state index in [0.717, 1.165) is 0 Å². The van der Waals surface area contributed by atoms with E-state index < -0.39 is 27.9 Å². The lowest BCUT2D eigenvalue weighted by Gasteiger charge is -2.14. The van der Waals surface area contributed by atoms with Crippen molar-refractivity contribution in [3.63, 3.8) is 0 Å². The maximum absolute atomic E-state index is 13.0. The summed E-state index contributed by atoms with van der Waals surface area (Å²) in [4.78, 5) is 36.9. The Hall–Kier alpha value is -4.18. The molecule has 0 aliphatic rings. The van der Waals surface area contributed by atoms with Gasteiger partial charge in [0.05, 0.1) is 35.9 Å². The number of amides is 1. The molecule has 3 aromatic carbocycles. The van der Waals surface area contributed by atoms with Gasteiger partial charge in [0.1, 0.15) is 0 Å². The highest BCUT2D eigenvalue weighted by molar-refractivity contribution is 7.92. The third-order valence-electron chi connectivity index (χ3n) is 4.86. The molecule has 0 bridgehead atoms. The molecule has 0 saturated heterocycles. The van der Waals surface area contributed by atoms with Crippen molar-refractivity contribution >= 4 is 39.2 Å². The van der Waals surface area contributed by atoms with Crippen LogP contribution in [0.4, 0.5) is 11.4 Å². The fraction of sp³-hybridized carbons (Fsp3) is 0.125. The first-order chi connectivity index (χ1) is 16.2. The molecule has 176 valence electrons. The number of carbonyl (C=O) groups excluding carboxylic acids is 3. The van der Waals surface area contributed by atoms with E-state index in [-0.39, 0.29) is 27.3 Å². The van der Waals surface area contributed by atoms with Crippen molar-refractivity contribution < 1.29 is 32.3 Å². The van der Waals surface area contributed by atoms with Crippen LogP contribution < -0.4 is 10.0 Å². The van der Waals surface area contributed by atoms with Crippen molar-refractivity contribution in [2.24, 2.45) is 0 Å². The number of benzene rings is 3. The van der Waals surface area contributed by atoms with E-state index in [9.17, 15) is 22.8 Å². The number of nitrogens with one attached hydrogen (secondary N) is 2. The van der Waals surface area contributed by atoms with E-state index in [0.29, 0.717) is 11.3 Å². The second-order valence-corrected chi connectivity index (χ2v) is 8.80. The standard InChI is InChI=1S/C24H22N2O7S/c1-15-9-10-16(14-21(15)34(30,31)26-18-7-5-4-6-8-18)22(27)25-20-13-17(23(28)32-2)11-12-19(20)24(29)33-3/h4-14,26H,1-3H3,(H,25,27). The third-order valence-corrected chi connectivity index (χ3v) is 6.38. The quantitative estimate of drug-likeness (QED) is 0.492. The number of anilines is 2. The molecule has 2 N–H and O–H groups in total. The minimum absolute atomic E-state index is 0.00661. The van der Waals surface area contributed by atoms with Gasteiger partial charge in [-0.2, -0.15) is 0 Å². The van der Waals surface area contributed by atoms with Crippen LogP contribution in [0.3, 0.4) is 0 Å². The summed E-state index contributed by atoms with van der Waals surface area (Å²) in [6, 6.07) is 16.5. The van der Waals surface area contributed by atoms with E-state index in [1.54, 1.807) is 37.3 Å². The van der Waals surface area contributed by atoms with E-state index in [2.05, 4.69) is 14.8 Å². The van der Waals surface area contributed by atoms with Crippen molar-refractivity contribution in [2.75, 3.05) is 24.3 Å². The number of hydrogen-bond donors (Lipinski definition) is 2. The van der Waals surface area contributed by atoms with Crippen molar-refractivity contribution in [1.82, 2.24) is 0 Å². The average molecular weight is 483 g/mol. The van der Waals surface area contributed by atoms with Crippen LogP contribution in [-0.2, 0) is 19.5 Å². The highest BCUT2D eigenvalue weighted by Gasteiger charge is 2.21. The molecule has 10 heteroatoms. The Balaban J connectivity index is 1.96. The number of ether oxygens (including phenoxy) is 2. The maximum Gasteiger partial charge on any atom is 0.339 e. The van der Waals surface area contributed by atoms with E-state index in [4.69, 9.17) is 4.74 Å². The zero-order valence-corrected chi connectivity index (χ0v) is 19.4. The number of aryl methyl sites for hydroxylation is 1. The number of rotatable bonds is 7. The Morgan fingerprint density at radius 1 is 0.794 bits per heavy atom. The first kappa shape index (κ1) is 24.5. The van der Waals surface area contributed by atoms with Crippen LogP contribution in [0.2, 0.25) is 0 Å². The largest absolute Gasteiger partial charge is 0.465 e. The monoisotopic (exact) mass is 482 g/mol. The SMILES string of the molecule is COC(=O)c1ccc(C(=O)OC)c(NC(=O)c2ccc(C)c(S(=O)(=O)Nc3ccccc3)c2)c1. The molecule has 9 nitrogen and oxygen atoms in total. The highest BCUT2D eigenvalue weighted by Crippen LogP contribution is 2.24. The van der Waals surface area contributed by atoms with Crippen LogP contribution in [0.25, 0.3) is 0 Å². The van der Waals surface area contributed by atoms with Crippen LogP contribution in [-0.4, -0.2) is 40.5 Å². The molecule has 0 aliphatic heterocycles. The van der Waals surface area contributed by atoms with Crippen molar-refractivity contribution in [3.05, 3.63) is 89.0 Å². The Morgan fingerprint density at radius 2 is 1.44 bits per heavy atom. The van der Waals surface area contributed by atoms with Crippen LogP contribution in [0, 0.1) is 6.92 Å². The normalized spacial score (nSPS) is 10.8. The first-order valence-electron chi connectivity index (χ1n) is 9.97. The molecule has 0 heterocycles. The molecule has 0 aromatic heterocycles. The van der Waals surface area contributed by atoms with Gasteiger partial charge >= 0.3 is 11.9 Å². The van der Waals surface area contributed by atoms with Gasteiger partial charge in [0, 0.05) is 11.3 Å². The Bertz CT molecular complexity index is 1350. The molecular weight excluding hydrogens is 460 g/mol. The number of esters is 2. The van der Waals surface area contributed by atoms with Crippen molar-refractivity contribution in [1.29, 1.82) is 0 Å². The topological polar surface area (TPSA) is 128 Å². The molecule has 1 amide bonds. The summed E-state index contributed by atoms with van der Waals surface area (Å²) in [5.41, 5.74) is 0.950. The smallest absolute Gasteiger partial charge is 0.339 e. The van der Waals surface area contributed by atoms with Crippen LogP contribution >= 0.6 is 0 Å². The summed E-state index contributed by atoms with van der Waals surface area (Å²) in [6.45, 7) is 1.61. The molecule has 0 fully saturated rings. The molecule has 0 saturated carbocycles. The molecule has 0 aliphatic carbocycles. The Kier molecular flexibility index (Phi) is 7.32. The highest BCUT2D eigenvalue weighted by atomic mass is 32.2. The van der Waals surface area contributed by atoms with Gasteiger partial charge in [-0.15, -0.1) is 0 Å². The number of para-hydroxylation sites is 1. The molecular formula is C24H22N2O7S. The lowest BCUT2D eigenvalue weighted by Crippen LogP contribution is -2.18. The van der Waals surface area contributed by atoms with Gasteiger partial charge < -0.3 is 14.8 Å².